The SMILES string of the molecule is O=C1c2ccccc2C(O)N1Cc1cc(Br)c(F)cn1. The lowest BCUT2D eigenvalue weighted by molar-refractivity contribution is 0.0132. The maximum atomic E-state index is 13.1. The molecule has 1 aliphatic rings. The number of carbonyl (C=O) groups excluding carboxylic acids is 1. The van der Waals surface area contributed by atoms with Crippen molar-refractivity contribution in [1.29, 1.82) is 0 Å². The van der Waals surface area contributed by atoms with Crippen molar-refractivity contribution in [3.63, 3.8) is 0 Å². The van der Waals surface area contributed by atoms with E-state index < -0.39 is 12.0 Å². The fraction of sp³-hybridized carbons (Fsp3) is 0.143. The molecule has 4 nitrogen and oxygen atoms in total. The van der Waals surface area contributed by atoms with Gasteiger partial charge >= 0.3 is 0 Å². The monoisotopic (exact) mass is 336 g/mol. The van der Waals surface area contributed by atoms with Crippen molar-refractivity contribution in [3.8, 4) is 0 Å². The largest absolute Gasteiger partial charge is 0.369 e. The number of hydrogen-bond acceptors (Lipinski definition) is 3. The van der Waals surface area contributed by atoms with Crippen LogP contribution in [0.3, 0.4) is 0 Å². The Balaban J connectivity index is 1.89. The van der Waals surface area contributed by atoms with Crippen LogP contribution >= 0.6 is 15.9 Å². The van der Waals surface area contributed by atoms with Gasteiger partial charge in [0.25, 0.3) is 5.91 Å². The lowest BCUT2D eigenvalue weighted by Gasteiger charge is -2.20. The minimum absolute atomic E-state index is 0.119. The van der Waals surface area contributed by atoms with Gasteiger partial charge in [0.2, 0.25) is 0 Å². The van der Waals surface area contributed by atoms with E-state index in [1.54, 1.807) is 24.3 Å². The summed E-state index contributed by atoms with van der Waals surface area (Å²) in [6, 6.07) is 8.41. The summed E-state index contributed by atoms with van der Waals surface area (Å²) in [4.78, 5) is 17.4. The zero-order chi connectivity index (χ0) is 14.3. The van der Waals surface area contributed by atoms with Gasteiger partial charge in [0.15, 0.2) is 12.0 Å². The van der Waals surface area contributed by atoms with Crippen LogP contribution < -0.4 is 0 Å². The highest BCUT2D eigenvalue weighted by molar-refractivity contribution is 9.10. The first-order valence-corrected chi connectivity index (χ1v) is 6.75. The number of aliphatic hydroxyl groups is 1. The van der Waals surface area contributed by atoms with Crippen LogP contribution in [-0.2, 0) is 6.54 Å². The van der Waals surface area contributed by atoms with Crippen molar-refractivity contribution in [2.24, 2.45) is 0 Å². The maximum absolute atomic E-state index is 13.1. The molecule has 3 rings (SSSR count). The second-order valence-corrected chi connectivity index (χ2v) is 5.34. The van der Waals surface area contributed by atoms with Gasteiger partial charge in [0.1, 0.15) is 0 Å². The van der Waals surface area contributed by atoms with E-state index >= 15 is 0 Å². The summed E-state index contributed by atoms with van der Waals surface area (Å²) in [5, 5.41) is 10.2. The van der Waals surface area contributed by atoms with E-state index in [0.717, 1.165) is 6.20 Å². The zero-order valence-electron chi connectivity index (χ0n) is 10.3. The van der Waals surface area contributed by atoms with Gasteiger partial charge in [-0.25, -0.2) is 4.39 Å². The van der Waals surface area contributed by atoms with E-state index in [0.29, 0.717) is 16.8 Å². The maximum Gasteiger partial charge on any atom is 0.256 e. The summed E-state index contributed by atoms with van der Waals surface area (Å²) in [6.07, 6.45) is 0.0868. The van der Waals surface area contributed by atoms with Crippen LogP contribution in [0.4, 0.5) is 4.39 Å². The molecule has 2 aromatic rings. The molecule has 102 valence electrons. The summed E-state index contributed by atoms with van der Waals surface area (Å²) in [5.74, 6) is -0.722. The minimum Gasteiger partial charge on any atom is -0.369 e. The summed E-state index contributed by atoms with van der Waals surface area (Å²) in [6.45, 7) is 0.119. The Kier molecular flexibility index (Phi) is 3.27. The van der Waals surface area contributed by atoms with Crippen molar-refractivity contribution in [3.05, 3.63) is 63.6 Å². The van der Waals surface area contributed by atoms with Gasteiger partial charge in [-0.2, -0.15) is 0 Å². The number of benzene rings is 1. The molecule has 1 atom stereocenters. The Bertz CT molecular complexity index is 693. The molecule has 0 aliphatic carbocycles. The Morgan fingerprint density at radius 3 is 2.85 bits per heavy atom. The van der Waals surface area contributed by atoms with Crippen LogP contribution in [0, 0.1) is 5.82 Å². The number of amides is 1. The first-order chi connectivity index (χ1) is 9.58. The number of halogens is 2. The van der Waals surface area contributed by atoms with Gasteiger partial charge in [-0.3, -0.25) is 9.78 Å². The van der Waals surface area contributed by atoms with E-state index in [-0.39, 0.29) is 16.9 Å². The first-order valence-electron chi connectivity index (χ1n) is 5.96. The molecule has 1 aromatic heterocycles. The van der Waals surface area contributed by atoms with Crippen molar-refractivity contribution in [1.82, 2.24) is 9.88 Å². The number of hydrogen-bond donors (Lipinski definition) is 1. The summed E-state index contributed by atoms with van der Waals surface area (Å²) in [7, 11) is 0. The lowest BCUT2D eigenvalue weighted by Crippen LogP contribution is -2.27. The Hall–Kier alpha value is -1.79. The second kappa shape index (κ2) is 4.96. The fourth-order valence-corrected chi connectivity index (χ4v) is 2.59. The molecule has 1 unspecified atom stereocenters. The molecule has 2 heterocycles. The van der Waals surface area contributed by atoms with Crippen molar-refractivity contribution in [2.75, 3.05) is 0 Å². The standard InChI is InChI=1S/C14H10BrFN2O2/c15-11-5-8(17-6-12(11)16)7-18-13(19)9-3-1-2-4-10(9)14(18)20/h1-6,13,19H,7H2. The van der Waals surface area contributed by atoms with Gasteiger partial charge in [-0.15, -0.1) is 0 Å². The third-order valence-electron chi connectivity index (χ3n) is 3.22. The normalized spacial score (nSPS) is 17.4. The smallest absolute Gasteiger partial charge is 0.256 e. The number of aliphatic hydroxyl groups excluding tert-OH is 1. The molecule has 1 N–H and O–H groups in total. The van der Waals surface area contributed by atoms with E-state index in [1.807, 2.05) is 0 Å². The predicted molar refractivity (Wildman–Crippen MR) is 73.2 cm³/mol. The van der Waals surface area contributed by atoms with Gasteiger partial charge in [-0.1, -0.05) is 18.2 Å². The average molecular weight is 337 g/mol. The van der Waals surface area contributed by atoms with E-state index in [2.05, 4.69) is 20.9 Å². The van der Waals surface area contributed by atoms with Gasteiger partial charge in [-0.05, 0) is 28.1 Å². The molecule has 0 saturated heterocycles. The number of fused-ring (bicyclic) bond motifs is 1. The third kappa shape index (κ3) is 2.10. The third-order valence-corrected chi connectivity index (χ3v) is 3.83. The minimum atomic E-state index is -0.996. The predicted octanol–water partition coefficient (Wildman–Crippen LogP) is 2.63. The number of nitrogens with zero attached hydrogens (tertiary/aromatic N) is 2. The van der Waals surface area contributed by atoms with E-state index in [4.69, 9.17) is 0 Å². The molecule has 0 spiro atoms. The van der Waals surface area contributed by atoms with Gasteiger partial charge < -0.3 is 10.0 Å². The van der Waals surface area contributed by atoms with E-state index in [1.165, 1.54) is 11.0 Å². The molecule has 0 fully saturated rings. The Labute approximate surface area is 123 Å². The van der Waals surface area contributed by atoms with Crippen LogP contribution in [0.5, 0.6) is 0 Å². The summed E-state index contributed by atoms with van der Waals surface area (Å²) in [5.41, 5.74) is 1.57. The molecular weight excluding hydrogens is 327 g/mol. The number of rotatable bonds is 2. The second-order valence-electron chi connectivity index (χ2n) is 4.48. The molecule has 1 aliphatic heterocycles. The molecule has 0 saturated carbocycles. The summed E-state index contributed by atoms with van der Waals surface area (Å²) >= 11 is 3.07. The van der Waals surface area contributed by atoms with Crippen LogP contribution in [0.15, 0.2) is 41.0 Å². The summed E-state index contributed by atoms with van der Waals surface area (Å²) < 4.78 is 13.4. The Morgan fingerprint density at radius 1 is 1.40 bits per heavy atom. The zero-order valence-corrected chi connectivity index (χ0v) is 11.8. The molecular formula is C14H10BrFN2O2. The van der Waals surface area contributed by atoms with Crippen molar-refractivity contribution < 1.29 is 14.3 Å². The number of aromatic nitrogens is 1. The van der Waals surface area contributed by atoms with E-state index in [9.17, 15) is 14.3 Å². The van der Waals surface area contributed by atoms with Gasteiger partial charge in [0, 0.05) is 11.1 Å². The average Bonchev–Trinajstić information content (AvgIpc) is 2.69. The fourth-order valence-electron chi connectivity index (χ4n) is 2.22. The molecule has 1 amide bonds. The van der Waals surface area contributed by atoms with Crippen LogP contribution in [-0.4, -0.2) is 20.9 Å². The highest BCUT2D eigenvalue weighted by Crippen LogP contribution is 2.32. The van der Waals surface area contributed by atoms with Crippen molar-refractivity contribution >= 4 is 21.8 Å². The van der Waals surface area contributed by atoms with Crippen molar-refractivity contribution in [2.45, 2.75) is 12.8 Å². The van der Waals surface area contributed by atoms with Crippen LogP contribution in [0.1, 0.15) is 27.8 Å². The molecule has 1 aromatic carbocycles. The quantitative estimate of drug-likeness (QED) is 0.917. The number of carbonyl (C=O) groups is 1. The highest BCUT2D eigenvalue weighted by atomic mass is 79.9. The highest BCUT2D eigenvalue weighted by Gasteiger charge is 2.35. The molecule has 0 radical (unpaired) electrons. The number of pyridine rings is 1. The topological polar surface area (TPSA) is 53.4 Å². The molecule has 20 heavy (non-hydrogen) atoms. The molecule has 6 heteroatoms. The molecule has 0 bridgehead atoms. The van der Waals surface area contributed by atoms with Crippen LogP contribution in [0.2, 0.25) is 0 Å². The van der Waals surface area contributed by atoms with Crippen LogP contribution in [0.25, 0.3) is 0 Å². The van der Waals surface area contributed by atoms with Gasteiger partial charge in [0.05, 0.1) is 22.9 Å². The first kappa shape index (κ1) is 13.2. The Morgan fingerprint density at radius 2 is 2.15 bits per heavy atom. The lowest BCUT2D eigenvalue weighted by atomic mass is 10.1.